The van der Waals surface area contributed by atoms with E-state index in [1.54, 1.807) is 7.11 Å². The summed E-state index contributed by atoms with van der Waals surface area (Å²) in [5.41, 5.74) is 13.3. The molecular weight excluding hydrogens is 584 g/mol. The molecule has 0 aliphatic carbocycles. The van der Waals surface area contributed by atoms with Gasteiger partial charge in [0.2, 0.25) is 11.6 Å². The average Bonchev–Trinajstić information content (AvgIpc) is 3.30. The molecule has 0 bridgehead atoms. The first-order chi connectivity index (χ1) is 22.9. The van der Waals surface area contributed by atoms with Crippen LogP contribution in [0.2, 0.25) is 0 Å². The first-order valence-electron chi connectivity index (χ1n) is 16.5. The molecule has 7 heteroatoms. The van der Waals surface area contributed by atoms with Crippen molar-refractivity contribution in [2.45, 2.75) is 51.6 Å². The molecule has 47 heavy (non-hydrogen) atoms. The lowest BCUT2D eigenvalue weighted by atomic mass is 9.81. The van der Waals surface area contributed by atoms with Crippen LogP contribution in [0, 0.1) is 0 Å². The number of nitrogens with one attached hydrogen (secondary N) is 2. The highest BCUT2D eigenvalue weighted by Gasteiger charge is 2.44. The molecule has 1 aliphatic heterocycles. The van der Waals surface area contributed by atoms with Gasteiger partial charge in [-0.1, -0.05) is 54.6 Å². The lowest BCUT2D eigenvalue weighted by Crippen LogP contribution is -2.28. The third-order valence-corrected chi connectivity index (χ3v) is 8.56. The number of carbonyl (C=O) groups is 1. The fourth-order valence-electron chi connectivity index (χ4n) is 6.03. The number of benzene rings is 4. The molecule has 5 rings (SSSR count). The van der Waals surface area contributed by atoms with E-state index in [1.165, 1.54) is 17.0 Å². The van der Waals surface area contributed by atoms with Crippen LogP contribution < -0.4 is 25.8 Å². The number of carbonyl (C=O) groups excluding carboxylic acids is 1. The number of fused-ring (bicyclic) bond motifs is 1. The zero-order chi connectivity index (χ0) is 33.1. The number of unbranched alkanes of at least 4 members (excludes halogenated alkanes) is 2. The van der Waals surface area contributed by atoms with Gasteiger partial charge in [-0.2, -0.15) is 4.58 Å². The Balaban J connectivity index is 1.39. The Hall–Kier alpha value is -4.88. The highest BCUT2D eigenvalue weighted by atomic mass is 16.5. The number of nitrogens with two attached hydrogens (primary N) is 1. The van der Waals surface area contributed by atoms with Gasteiger partial charge in [0.25, 0.3) is 0 Å². The van der Waals surface area contributed by atoms with Gasteiger partial charge in [-0.25, -0.2) is 0 Å². The van der Waals surface area contributed by atoms with E-state index in [9.17, 15) is 4.79 Å². The topological polar surface area (TPSA) is 88.6 Å². The van der Waals surface area contributed by atoms with Gasteiger partial charge < -0.3 is 25.8 Å². The first-order valence-corrected chi connectivity index (χ1v) is 16.5. The number of nitrogens with zero attached hydrogens (tertiary/aromatic N) is 1. The molecule has 1 heterocycles. The van der Waals surface area contributed by atoms with Gasteiger partial charge in [0.1, 0.15) is 13.2 Å². The SMILES string of the molecule is COc1ccc(/C=C/C2=[N+](CCCCCC(=O)NCCN)c3ccc(Nc4ccccc4)cc3C2(C)C)cc1OCc1ccccc1. The number of hydrogen-bond donors (Lipinski definition) is 3. The smallest absolute Gasteiger partial charge is 0.220 e. The Morgan fingerprint density at radius 2 is 1.62 bits per heavy atom. The predicted octanol–water partition coefficient (Wildman–Crippen LogP) is 7.74. The van der Waals surface area contributed by atoms with E-state index in [-0.39, 0.29) is 11.3 Å². The number of anilines is 2. The number of methoxy groups -OCH3 is 1. The molecule has 0 aromatic heterocycles. The zero-order valence-corrected chi connectivity index (χ0v) is 27.8. The monoisotopic (exact) mass is 631 g/mol. The van der Waals surface area contributed by atoms with E-state index in [0.717, 1.165) is 48.3 Å². The molecule has 0 radical (unpaired) electrons. The fraction of sp³-hybridized carbons (Fsp3) is 0.300. The summed E-state index contributed by atoms with van der Waals surface area (Å²) in [5.74, 6) is 1.49. The van der Waals surface area contributed by atoms with Crippen LogP contribution in [0.4, 0.5) is 17.1 Å². The molecule has 244 valence electrons. The number of para-hydroxylation sites is 1. The van der Waals surface area contributed by atoms with E-state index < -0.39 is 0 Å². The summed E-state index contributed by atoms with van der Waals surface area (Å²) in [6.07, 6.45) is 7.72. The largest absolute Gasteiger partial charge is 0.493 e. The molecule has 0 spiro atoms. The maximum absolute atomic E-state index is 12.1. The molecule has 4 aromatic carbocycles. The summed E-state index contributed by atoms with van der Waals surface area (Å²) < 4.78 is 14.3. The van der Waals surface area contributed by atoms with E-state index in [4.69, 9.17) is 15.2 Å². The normalized spacial score (nSPS) is 13.4. The van der Waals surface area contributed by atoms with E-state index in [0.29, 0.717) is 37.6 Å². The second kappa shape index (κ2) is 16.1. The van der Waals surface area contributed by atoms with Crippen molar-refractivity contribution >= 4 is 34.8 Å². The molecule has 7 nitrogen and oxygen atoms in total. The average molecular weight is 632 g/mol. The Kier molecular flexibility index (Phi) is 11.5. The second-order valence-electron chi connectivity index (χ2n) is 12.4. The molecule has 1 aliphatic rings. The van der Waals surface area contributed by atoms with Gasteiger partial charge in [-0.15, -0.1) is 0 Å². The lowest BCUT2D eigenvalue weighted by molar-refractivity contribution is -0.438. The van der Waals surface area contributed by atoms with Gasteiger partial charge in [-0.3, -0.25) is 4.79 Å². The number of ether oxygens (including phenoxy) is 2. The highest BCUT2D eigenvalue weighted by Crippen LogP contribution is 2.42. The van der Waals surface area contributed by atoms with Crippen molar-refractivity contribution in [3.63, 3.8) is 0 Å². The van der Waals surface area contributed by atoms with Crippen molar-refractivity contribution in [1.82, 2.24) is 5.32 Å². The minimum atomic E-state index is -0.235. The van der Waals surface area contributed by atoms with E-state index >= 15 is 0 Å². The molecule has 4 aromatic rings. The highest BCUT2D eigenvalue weighted by molar-refractivity contribution is 6.05. The van der Waals surface area contributed by atoms with Gasteiger partial charge in [0.05, 0.1) is 12.5 Å². The van der Waals surface area contributed by atoms with Crippen molar-refractivity contribution < 1.29 is 18.8 Å². The molecule has 0 saturated carbocycles. The van der Waals surface area contributed by atoms with Crippen LogP contribution in [0.3, 0.4) is 0 Å². The molecule has 0 atom stereocenters. The molecule has 0 saturated heterocycles. The summed E-state index contributed by atoms with van der Waals surface area (Å²) in [6, 6.07) is 33.1. The Labute approximate surface area is 279 Å². The zero-order valence-electron chi connectivity index (χ0n) is 27.8. The summed E-state index contributed by atoms with van der Waals surface area (Å²) in [6.45, 7) is 6.90. The van der Waals surface area contributed by atoms with Crippen LogP contribution in [-0.4, -0.2) is 42.9 Å². The summed E-state index contributed by atoms with van der Waals surface area (Å²) in [7, 11) is 1.67. The number of amides is 1. The molecular formula is C40H47N4O3+. The van der Waals surface area contributed by atoms with Crippen molar-refractivity contribution in [3.8, 4) is 11.5 Å². The van der Waals surface area contributed by atoms with Crippen molar-refractivity contribution in [2.75, 3.05) is 32.1 Å². The number of rotatable bonds is 16. The summed E-state index contributed by atoms with van der Waals surface area (Å²) in [4.78, 5) is 12.1. The van der Waals surface area contributed by atoms with Gasteiger partial charge >= 0.3 is 0 Å². The lowest BCUT2D eigenvalue weighted by Gasteiger charge is -2.17. The summed E-state index contributed by atoms with van der Waals surface area (Å²) >= 11 is 0. The van der Waals surface area contributed by atoms with Crippen LogP contribution in [0.1, 0.15) is 56.2 Å². The maximum Gasteiger partial charge on any atom is 0.220 e. The quantitative estimate of drug-likeness (QED) is 0.0870. The third kappa shape index (κ3) is 8.69. The van der Waals surface area contributed by atoms with Crippen molar-refractivity contribution in [3.05, 3.63) is 120 Å². The van der Waals surface area contributed by atoms with Crippen molar-refractivity contribution in [2.24, 2.45) is 5.73 Å². The molecule has 1 amide bonds. The van der Waals surface area contributed by atoms with Gasteiger partial charge in [0.15, 0.2) is 17.2 Å². The maximum atomic E-state index is 12.1. The van der Waals surface area contributed by atoms with Crippen LogP contribution in [0.25, 0.3) is 6.08 Å². The van der Waals surface area contributed by atoms with Crippen LogP contribution in [0.5, 0.6) is 11.5 Å². The van der Waals surface area contributed by atoms with E-state index in [2.05, 4.69) is 89.7 Å². The molecule has 4 N–H and O–H groups in total. The van der Waals surface area contributed by atoms with E-state index in [1.807, 2.05) is 48.5 Å². The van der Waals surface area contributed by atoms with Crippen LogP contribution in [-0.2, 0) is 16.8 Å². The Bertz CT molecular complexity index is 1700. The molecule has 0 unspecified atom stereocenters. The first kappa shape index (κ1) is 33.5. The minimum Gasteiger partial charge on any atom is -0.493 e. The van der Waals surface area contributed by atoms with Gasteiger partial charge in [0, 0.05) is 55.0 Å². The predicted molar refractivity (Wildman–Crippen MR) is 192 cm³/mol. The van der Waals surface area contributed by atoms with Gasteiger partial charge in [-0.05, 0) is 80.3 Å². The Morgan fingerprint density at radius 1 is 0.851 bits per heavy atom. The number of hydrogen-bond acceptors (Lipinski definition) is 5. The second-order valence-corrected chi connectivity index (χ2v) is 12.4. The standard InChI is InChI=1S/C40H46N4O3/c1-40(2)34-28-33(43-32-15-9-5-10-16-32)20-21-35(34)44(26-12-6-11-17-39(45)42-25-24-41)38(40)23-19-30-18-22-36(46-3)37(27-30)47-29-31-13-7-4-8-14-31/h4-5,7-10,13-16,18-23,27-28,43H,6,11-12,17,24-26,29,41H2,1-3H3/p+1/b23-19+. The molecule has 0 fully saturated rings. The van der Waals surface area contributed by atoms with Crippen LogP contribution in [0.15, 0.2) is 103 Å². The number of allylic oxidation sites excluding steroid dienone is 1. The Morgan fingerprint density at radius 3 is 2.36 bits per heavy atom. The third-order valence-electron chi connectivity index (χ3n) is 8.56. The fourth-order valence-corrected chi connectivity index (χ4v) is 6.03. The van der Waals surface area contributed by atoms with Crippen molar-refractivity contribution in [1.29, 1.82) is 0 Å². The van der Waals surface area contributed by atoms with Crippen LogP contribution >= 0.6 is 0 Å². The summed E-state index contributed by atoms with van der Waals surface area (Å²) in [5, 5.41) is 6.43. The minimum absolute atomic E-state index is 0.0725.